The van der Waals surface area contributed by atoms with Crippen LogP contribution in [-0.2, 0) is 4.74 Å². The third kappa shape index (κ3) is 3.42. The number of hydrogen-bond donors (Lipinski definition) is 0. The van der Waals surface area contributed by atoms with Gasteiger partial charge >= 0.3 is 0 Å². The average Bonchev–Trinajstić information content (AvgIpc) is 2.69. The molecule has 2 rings (SSSR count). The summed E-state index contributed by atoms with van der Waals surface area (Å²) in [5.74, 6) is 1.83. The predicted molar refractivity (Wildman–Crippen MR) is 76.6 cm³/mol. The monoisotopic (exact) mass is 264 g/mol. The molecule has 0 aromatic carbocycles. The Bertz CT molecular complexity index is 417. The van der Waals surface area contributed by atoms with Gasteiger partial charge < -0.3 is 9.64 Å². The van der Waals surface area contributed by atoms with E-state index in [2.05, 4.69) is 33.9 Å². The number of anilines is 1. The van der Waals surface area contributed by atoms with Gasteiger partial charge in [-0.25, -0.2) is 9.97 Å². The van der Waals surface area contributed by atoms with Crippen molar-refractivity contribution in [1.29, 1.82) is 0 Å². The summed E-state index contributed by atoms with van der Waals surface area (Å²) in [6.45, 7) is 5.92. The van der Waals surface area contributed by atoms with Crippen LogP contribution in [0.15, 0.2) is 6.07 Å². The van der Waals surface area contributed by atoms with Gasteiger partial charge in [0.05, 0.1) is 6.10 Å². The number of aromatic nitrogens is 2. The number of likely N-dealkylation sites (N-methyl/N-ethyl adjacent to an activating group) is 2. The maximum absolute atomic E-state index is 5.45. The Morgan fingerprint density at radius 1 is 1.42 bits per heavy atom. The van der Waals surface area contributed by atoms with Crippen LogP contribution in [0.3, 0.4) is 0 Å². The maximum Gasteiger partial charge on any atom is 0.132 e. The minimum atomic E-state index is 0.359. The standard InChI is InChI=1S/C14H24N4O/c1-10-6-14(16-11(2)15-10)18(4)8-12-7-13(19-5)9-17(12)3/h6,12-13H,7-9H2,1-5H3/t12-,13-/m0/s1. The predicted octanol–water partition coefficient (Wildman–Crippen LogP) is 1.25. The van der Waals surface area contributed by atoms with Crippen LogP contribution in [-0.4, -0.2) is 61.3 Å². The first-order valence-electron chi connectivity index (χ1n) is 6.76. The van der Waals surface area contributed by atoms with Gasteiger partial charge in [-0.2, -0.15) is 0 Å². The van der Waals surface area contributed by atoms with Crippen molar-refractivity contribution in [2.75, 3.05) is 39.2 Å². The fourth-order valence-corrected chi connectivity index (χ4v) is 2.72. The van der Waals surface area contributed by atoms with Gasteiger partial charge in [-0.3, -0.25) is 4.90 Å². The molecule has 2 heterocycles. The molecule has 106 valence electrons. The number of nitrogens with zero attached hydrogens (tertiary/aromatic N) is 4. The van der Waals surface area contributed by atoms with Crippen molar-refractivity contribution in [3.05, 3.63) is 17.6 Å². The summed E-state index contributed by atoms with van der Waals surface area (Å²) in [7, 11) is 6.05. The molecule has 1 aliphatic rings. The van der Waals surface area contributed by atoms with Crippen LogP contribution in [0.2, 0.25) is 0 Å². The SMILES string of the molecule is CO[C@H]1C[C@@H](CN(C)c2cc(C)nc(C)n2)N(C)C1. The Hall–Kier alpha value is -1.20. The molecule has 5 nitrogen and oxygen atoms in total. The molecule has 1 aliphatic heterocycles. The first-order valence-corrected chi connectivity index (χ1v) is 6.76. The molecule has 0 unspecified atom stereocenters. The summed E-state index contributed by atoms with van der Waals surface area (Å²) in [5, 5.41) is 0. The molecule has 1 saturated heterocycles. The van der Waals surface area contributed by atoms with Crippen molar-refractivity contribution >= 4 is 5.82 Å². The van der Waals surface area contributed by atoms with Gasteiger partial charge in [-0.1, -0.05) is 0 Å². The zero-order chi connectivity index (χ0) is 14.0. The molecule has 19 heavy (non-hydrogen) atoms. The van der Waals surface area contributed by atoms with Gasteiger partial charge in [-0.15, -0.1) is 0 Å². The lowest BCUT2D eigenvalue weighted by Crippen LogP contribution is -2.37. The fourth-order valence-electron chi connectivity index (χ4n) is 2.72. The molecule has 0 amide bonds. The zero-order valence-corrected chi connectivity index (χ0v) is 12.6. The highest BCUT2D eigenvalue weighted by atomic mass is 16.5. The van der Waals surface area contributed by atoms with E-state index in [-0.39, 0.29) is 0 Å². The number of methoxy groups -OCH3 is 1. The van der Waals surface area contributed by atoms with E-state index in [9.17, 15) is 0 Å². The number of rotatable bonds is 4. The van der Waals surface area contributed by atoms with Crippen LogP contribution < -0.4 is 4.90 Å². The lowest BCUT2D eigenvalue weighted by Gasteiger charge is -2.26. The molecule has 0 bridgehead atoms. The van der Waals surface area contributed by atoms with Gasteiger partial charge in [0.25, 0.3) is 0 Å². The molecule has 1 aromatic rings. The van der Waals surface area contributed by atoms with Gasteiger partial charge in [0.15, 0.2) is 0 Å². The minimum Gasteiger partial charge on any atom is -0.380 e. The Labute approximate surface area is 115 Å². The second-order valence-electron chi connectivity index (χ2n) is 5.48. The highest BCUT2D eigenvalue weighted by Crippen LogP contribution is 2.20. The first kappa shape index (κ1) is 14.2. The van der Waals surface area contributed by atoms with E-state index in [1.54, 1.807) is 7.11 Å². The largest absolute Gasteiger partial charge is 0.380 e. The summed E-state index contributed by atoms with van der Waals surface area (Å²) in [5.41, 5.74) is 1.02. The van der Waals surface area contributed by atoms with Crippen molar-refractivity contribution in [1.82, 2.24) is 14.9 Å². The third-order valence-electron chi connectivity index (χ3n) is 3.81. The van der Waals surface area contributed by atoms with E-state index in [0.717, 1.165) is 36.8 Å². The number of likely N-dealkylation sites (tertiary alicyclic amines) is 1. The Morgan fingerprint density at radius 2 is 2.16 bits per heavy atom. The molecule has 2 atom stereocenters. The summed E-state index contributed by atoms with van der Waals surface area (Å²) < 4.78 is 5.45. The fraction of sp³-hybridized carbons (Fsp3) is 0.714. The molecular formula is C14H24N4O. The zero-order valence-electron chi connectivity index (χ0n) is 12.6. The van der Waals surface area contributed by atoms with Gasteiger partial charge in [0.1, 0.15) is 11.6 Å². The molecule has 0 spiro atoms. The number of hydrogen-bond acceptors (Lipinski definition) is 5. The van der Waals surface area contributed by atoms with Crippen LogP contribution in [0.1, 0.15) is 17.9 Å². The summed E-state index contributed by atoms with van der Waals surface area (Å²) in [4.78, 5) is 13.4. The highest BCUT2D eigenvalue weighted by molar-refractivity contribution is 5.38. The smallest absolute Gasteiger partial charge is 0.132 e. The quantitative estimate of drug-likeness (QED) is 0.818. The molecular weight excluding hydrogens is 240 g/mol. The van der Waals surface area contributed by atoms with Crippen molar-refractivity contribution < 1.29 is 4.74 Å². The molecule has 5 heteroatoms. The van der Waals surface area contributed by atoms with Crippen molar-refractivity contribution in [3.8, 4) is 0 Å². The molecule has 0 N–H and O–H groups in total. The van der Waals surface area contributed by atoms with Crippen molar-refractivity contribution in [2.45, 2.75) is 32.4 Å². The molecule has 0 saturated carbocycles. The van der Waals surface area contributed by atoms with Crippen LogP contribution in [0, 0.1) is 13.8 Å². The van der Waals surface area contributed by atoms with E-state index >= 15 is 0 Å². The van der Waals surface area contributed by atoms with Crippen molar-refractivity contribution in [3.63, 3.8) is 0 Å². The third-order valence-corrected chi connectivity index (χ3v) is 3.81. The topological polar surface area (TPSA) is 41.5 Å². The summed E-state index contributed by atoms with van der Waals surface area (Å²) in [6, 6.07) is 2.56. The highest BCUT2D eigenvalue weighted by Gasteiger charge is 2.30. The van der Waals surface area contributed by atoms with Crippen LogP contribution in [0.25, 0.3) is 0 Å². The van der Waals surface area contributed by atoms with Crippen LogP contribution >= 0.6 is 0 Å². The number of ether oxygens (including phenoxy) is 1. The lowest BCUT2D eigenvalue weighted by atomic mass is 10.2. The molecule has 1 aromatic heterocycles. The van der Waals surface area contributed by atoms with Gasteiger partial charge in [-0.05, 0) is 27.3 Å². The molecule has 0 aliphatic carbocycles. The second kappa shape index (κ2) is 5.84. The van der Waals surface area contributed by atoms with E-state index in [1.165, 1.54) is 0 Å². The van der Waals surface area contributed by atoms with E-state index < -0.39 is 0 Å². The van der Waals surface area contributed by atoms with Gasteiger partial charge in [0, 0.05) is 45.0 Å². The Morgan fingerprint density at radius 3 is 2.74 bits per heavy atom. The Balaban J connectivity index is 2.02. The first-order chi connectivity index (χ1) is 8.99. The van der Waals surface area contributed by atoms with E-state index in [1.807, 2.05) is 19.9 Å². The number of aryl methyl sites for hydroxylation is 2. The maximum atomic E-state index is 5.45. The van der Waals surface area contributed by atoms with Crippen LogP contribution in [0.4, 0.5) is 5.82 Å². The summed E-state index contributed by atoms with van der Waals surface area (Å²) in [6.07, 6.45) is 1.44. The van der Waals surface area contributed by atoms with Crippen LogP contribution in [0.5, 0.6) is 0 Å². The average molecular weight is 264 g/mol. The molecule has 1 fully saturated rings. The Kier molecular flexibility index (Phi) is 4.37. The van der Waals surface area contributed by atoms with E-state index in [4.69, 9.17) is 4.74 Å². The normalized spacial score (nSPS) is 23.8. The minimum absolute atomic E-state index is 0.359. The second-order valence-corrected chi connectivity index (χ2v) is 5.48. The lowest BCUT2D eigenvalue weighted by molar-refractivity contribution is 0.111. The summed E-state index contributed by atoms with van der Waals surface area (Å²) >= 11 is 0. The van der Waals surface area contributed by atoms with E-state index in [0.29, 0.717) is 12.1 Å². The van der Waals surface area contributed by atoms with Gasteiger partial charge in [0.2, 0.25) is 0 Å². The molecule has 0 radical (unpaired) electrons. The van der Waals surface area contributed by atoms with Crippen molar-refractivity contribution in [2.24, 2.45) is 0 Å².